The number of halogens is 2. The van der Waals surface area contributed by atoms with Crippen LogP contribution in [0.1, 0.15) is 26.3 Å². The van der Waals surface area contributed by atoms with E-state index in [1.165, 1.54) is 0 Å². The standard InChI is InChI=1S/C18H24BrIN4O2Si/c1-17(2,3)27(5,6)26-11-18(20,23-24-21)15-13(19)9-7-12-8-10-14(25-4)22-16(12)15/h7-10H,11H2,1-6H3. The number of ether oxygens (including phenoxy) is 1. The third-order valence-electron chi connectivity index (χ3n) is 5.01. The Balaban J connectivity index is 2.62. The van der Waals surface area contributed by atoms with E-state index in [0.29, 0.717) is 5.88 Å². The first-order chi connectivity index (χ1) is 12.4. The molecule has 6 nitrogen and oxygen atoms in total. The van der Waals surface area contributed by atoms with Crippen LogP contribution in [0.4, 0.5) is 0 Å². The molecule has 0 aliphatic heterocycles. The minimum Gasteiger partial charge on any atom is -0.481 e. The molecule has 2 rings (SSSR count). The summed E-state index contributed by atoms with van der Waals surface area (Å²) in [7, 11) is -0.447. The van der Waals surface area contributed by atoms with Crippen molar-refractivity contribution in [2.24, 2.45) is 5.11 Å². The van der Waals surface area contributed by atoms with Gasteiger partial charge in [0.2, 0.25) is 5.88 Å². The maximum absolute atomic E-state index is 9.27. The fourth-order valence-corrected chi connectivity index (χ4v) is 5.45. The number of pyridine rings is 1. The number of nitrogens with zero attached hydrogens (tertiary/aromatic N) is 4. The van der Waals surface area contributed by atoms with Crippen molar-refractivity contribution in [1.82, 2.24) is 4.98 Å². The molecule has 0 saturated heterocycles. The van der Waals surface area contributed by atoms with E-state index in [1.807, 2.05) is 24.3 Å². The second-order valence-corrected chi connectivity index (χ2v) is 15.3. The zero-order valence-corrected chi connectivity index (χ0v) is 21.1. The molecule has 1 heterocycles. The van der Waals surface area contributed by atoms with E-state index in [2.05, 4.69) is 87.4 Å². The fourth-order valence-electron chi connectivity index (χ4n) is 2.34. The molecule has 0 amide bonds. The van der Waals surface area contributed by atoms with Crippen LogP contribution in [0.2, 0.25) is 18.1 Å². The number of aromatic nitrogens is 1. The normalized spacial score (nSPS) is 14.5. The van der Waals surface area contributed by atoms with E-state index in [9.17, 15) is 5.53 Å². The van der Waals surface area contributed by atoms with Crippen molar-refractivity contribution < 1.29 is 9.16 Å². The lowest BCUT2D eigenvalue weighted by Gasteiger charge is -2.38. The van der Waals surface area contributed by atoms with E-state index in [4.69, 9.17) is 9.16 Å². The Bertz CT molecular complexity index is 897. The first-order valence-corrected chi connectivity index (χ1v) is 13.3. The van der Waals surface area contributed by atoms with Gasteiger partial charge in [-0.1, -0.05) is 70.5 Å². The average molecular weight is 563 g/mol. The summed E-state index contributed by atoms with van der Waals surface area (Å²) in [6, 6.07) is 7.67. The number of hydrogen-bond donors (Lipinski definition) is 0. The molecule has 0 N–H and O–H groups in total. The van der Waals surface area contributed by atoms with Crippen LogP contribution in [-0.2, 0) is 7.97 Å². The van der Waals surface area contributed by atoms with E-state index in [0.717, 1.165) is 20.9 Å². The predicted molar refractivity (Wildman–Crippen MR) is 124 cm³/mol. The van der Waals surface area contributed by atoms with Gasteiger partial charge < -0.3 is 9.16 Å². The lowest BCUT2D eigenvalue weighted by Crippen LogP contribution is -2.43. The Labute approximate surface area is 183 Å². The van der Waals surface area contributed by atoms with E-state index < -0.39 is 11.9 Å². The number of azide groups is 1. The second-order valence-electron chi connectivity index (χ2n) is 7.85. The van der Waals surface area contributed by atoms with Gasteiger partial charge in [-0.05, 0) is 35.8 Å². The summed E-state index contributed by atoms with van der Waals surface area (Å²) in [6.07, 6.45) is 0. The molecule has 27 heavy (non-hydrogen) atoms. The maximum Gasteiger partial charge on any atom is 0.213 e. The highest BCUT2D eigenvalue weighted by Crippen LogP contribution is 2.45. The predicted octanol–water partition coefficient (Wildman–Crippen LogP) is 6.93. The van der Waals surface area contributed by atoms with E-state index in [-0.39, 0.29) is 11.6 Å². The van der Waals surface area contributed by atoms with Gasteiger partial charge >= 0.3 is 0 Å². The van der Waals surface area contributed by atoms with Gasteiger partial charge in [-0.15, -0.1) is 0 Å². The largest absolute Gasteiger partial charge is 0.481 e. The highest BCUT2D eigenvalue weighted by molar-refractivity contribution is 14.1. The quantitative estimate of drug-likeness (QED) is 0.0728. The highest BCUT2D eigenvalue weighted by atomic mass is 127. The summed E-state index contributed by atoms with van der Waals surface area (Å²) in [4.78, 5) is 7.72. The van der Waals surface area contributed by atoms with Crippen molar-refractivity contribution in [2.45, 2.75) is 42.4 Å². The number of methoxy groups -OCH3 is 1. The summed E-state index contributed by atoms with van der Waals surface area (Å²) in [5, 5.41) is 5.13. The Morgan fingerprint density at radius 2 is 1.89 bits per heavy atom. The Kier molecular flexibility index (Phi) is 6.84. The van der Waals surface area contributed by atoms with Gasteiger partial charge in [0.05, 0.1) is 19.2 Å². The van der Waals surface area contributed by atoms with Crippen molar-refractivity contribution in [3.63, 3.8) is 0 Å². The minimum absolute atomic E-state index is 0.0539. The number of fused-ring (bicyclic) bond motifs is 1. The third kappa shape index (κ3) is 4.76. The Hall–Kier alpha value is -0.873. The second kappa shape index (κ2) is 8.24. The summed E-state index contributed by atoms with van der Waals surface area (Å²) < 4.78 is 11.6. The van der Waals surface area contributed by atoms with Gasteiger partial charge in [-0.25, -0.2) is 4.98 Å². The van der Waals surface area contributed by atoms with Gasteiger partial charge in [-0.3, -0.25) is 0 Å². The zero-order valence-electron chi connectivity index (χ0n) is 16.4. The molecular weight excluding hydrogens is 539 g/mol. The third-order valence-corrected chi connectivity index (χ3v) is 11.2. The van der Waals surface area contributed by atoms with Gasteiger partial charge in [-0.2, -0.15) is 0 Å². The van der Waals surface area contributed by atoms with Crippen molar-refractivity contribution in [2.75, 3.05) is 13.7 Å². The van der Waals surface area contributed by atoms with Crippen LogP contribution in [0.25, 0.3) is 21.3 Å². The molecule has 0 aliphatic carbocycles. The summed E-state index contributed by atoms with van der Waals surface area (Å²) in [6.45, 7) is 11.2. The molecule has 1 unspecified atom stereocenters. The summed E-state index contributed by atoms with van der Waals surface area (Å²) in [5.74, 6) is 0.506. The molecule has 1 atom stereocenters. The van der Waals surface area contributed by atoms with Crippen molar-refractivity contribution in [3.05, 3.63) is 44.7 Å². The van der Waals surface area contributed by atoms with Crippen LogP contribution in [0, 0.1) is 0 Å². The lowest BCUT2D eigenvalue weighted by atomic mass is 10.0. The molecule has 0 bridgehead atoms. The molecule has 0 radical (unpaired) electrons. The first kappa shape index (κ1) is 22.4. The topological polar surface area (TPSA) is 80.1 Å². The van der Waals surface area contributed by atoms with Crippen LogP contribution in [-0.4, -0.2) is 27.0 Å². The molecule has 2 aromatic rings. The number of rotatable bonds is 6. The molecular formula is C18H24BrIN4O2Si. The fraction of sp³-hybridized carbons (Fsp3) is 0.500. The van der Waals surface area contributed by atoms with E-state index in [1.54, 1.807) is 7.11 Å². The van der Waals surface area contributed by atoms with Gasteiger partial charge in [0.1, 0.15) is 0 Å². The van der Waals surface area contributed by atoms with Gasteiger partial charge in [0, 0.05) is 26.4 Å². The SMILES string of the molecule is COc1ccc2ccc(Br)c(C(I)(CO[Si](C)(C)C(C)(C)C)N=[N+]=[N-])c2n1. The summed E-state index contributed by atoms with van der Waals surface area (Å²) in [5.41, 5.74) is 10.8. The van der Waals surface area contributed by atoms with Crippen molar-refractivity contribution in [3.8, 4) is 5.88 Å². The monoisotopic (exact) mass is 562 g/mol. The molecule has 0 aliphatic rings. The van der Waals surface area contributed by atoms with Crippen LogP contribution >= 0.6 is 38.5 Å². The first-order valence-electron chi connectivity index (χ1n) is 8.48. The molecule has 0 spiro atoms. The molecule has 0 saturated carbocycles. The number of hydrogen-bond acceptors (Lipinski definition) is 4. The number of alkyl halides is 1. The molecule has 1 aromatic heterocycles. The molecule has 0 fully saturated rings. The minimum atomic E-state index is -2.03. The smallest absolute Gasteiger partial charge is 0.213 e. The summed E-state index contributed by atoms with van der Waals surface area (Å²) >= 11 is 5.79. The van der Waals surface area contributed by atoms with Crippen LogP contribution < -0.4 is 4.74 Å². The molecule has 146 valence electrons. The van der Waals surface area contributed by atoms with E-state index >= 15 is 0 Å². The van der Waals surface area contributed by atoms with Crippen molar-refractivity contribution in [1.29, 1.82) is 0 Å². The van der Waals surface area contributed by atoms with Crippen LogP contribution in [0.15, 0.2) is 33.9 Å². The number of benzene rings is 1. The molecule has 9 heteroatoms. The Morgan fingerprint density at radius 1 is 1.26 bits per heavy atom. The van der Waals surface area contributed by atoms with Crippen LogP contribution in [0.5, 0.6) is 5.88 Å². The Morgan fingerprint density at radius 3 is 2.44 bits per heavy atom. The molecule has 1 aromatic carbocycles. The van der Waals surface area contributed by atoms with Gasteiger partial charge in [0.15, 0.2) is 11.9 Å². The highest BCUT2D eigenvalue weighted by Gasteiger charge is 2.41. The van der Waals surface area contributed by atoms with Gasteiger partial charge in [0.25, 0.3) is 0 Å². The zero-order chi connectivity index (χ0) is 20.5. The van der Waals surface area contributed by atoms with Crippen LogP contribution in [0.3, 0.4) is 0 Å². The maximum atomic E-state index is 9.27. The lowest BCUT2D eigenvalue weighted by molar-refractivity contribution is 0.257. The van der Waals surface area contributed by atoms with Crippen molar-refractivity contribution >= 4 is 57.7 Å². The average Bonchev–Trinajstić information content (AvgIpc) is 2.58.